The Bertz CT molecular complexity index is 756. The lowest BCUT2D eigenvalue weighted by molar-refractivity contribution is -0.120. The lowest BCUT2D eigenvalue weighted by Crippen LogP contribution is -2.44. The Kier molecular flexibility index (Phi) is 7.79. The minimum absolute atomic E-state index is 0.107. The second-order valence-electron chi connectivity index (χ2n) is 7.41. The quantitative estimate of drug-likeness (QED) is 0.757. The van der Waals surface area contributed by atoms with E-state index in [2.05, 4.69) is 9.68 Å². The summed E-state index contributed by atoms with van der Waals surface area (Å²) in [5.74, 6) is -0.608. The van der Waals surface area contributed by atoms with Crippen molar-refractivity contribution < 1.29 is 18.5 Å². The van der Waals surface area contributed by atoms with Gasteiger partial charge < -0.3 is 10.1 Å². The number of nitrogens with one attached hydrogen (secondary N) is 1. The van der Waals surface area contributed by atoms with Crippen molar-refractivity contribution in [3.63, 3.8) is 0 Å². The summed E-state index contributed by atoms with van der Waals surface area (Å²) < 4.78 is 22.2. The van der Waals surface area contributed by atoms with Crippen LogP contribution in [0.3, 0.4) is 0 Å². The van der Waals surface area contributed by atoms with E-state index in [0.29, 0.717) is 17.1 Å². The Morgan fingerprint density at radius 2 is 2.00 bits per heavy atom. The number of carbonyl (C=O) groups excluding carboxylic acids is 2. The van der Waals surface area contributed by atoms with Crippen molar-refractivity contribution in [3.05, 3.63) is 17.0 Å². The van der Waals surface area contributed by atoms with Crippen LogP contribution in [0.5, 0.6) is 0 Å². The smallest absolute Gasteiger partial charge is 0.408 e. The third-order valence-corrected chi connectivity index (χ3v) is 6.27. The molecular formula is C17H29N3O4S2. The van der Waals surface area contributed by atoms with Gasteiger partial charge in [-0.1, -0.05) is 20.8 Å². The number of alkyl carbamates (subject to hydrolysis) is 1. The molecule has 7 nitrogen and oxygen atoms in total. The standard InChI is InChI=1S/C17H29N3O4S2/c1-7-12-8-9-25-15(12)26(18,23)20-14(21)13(10-11(2)3)19-16(22)24-17(4,5)6/h8-9,11,13H,7,10H2,1-6H3,(H,19,22)(H2,18,20,21,23)/t13-,26?/m0/s1. The third-order valence-electron chi connectivity index (χ3n) is 3.27. The molecule has 0 aromatic carbocycles. The van der Waals surface area contributed by atoms with Gasteiger partial charge in [0.15, 0.2) is 9.92 Å². The van der Waals surface area contributed by atoms with E-state index in [1.54, 1.807) is 26.2 Å². The predicted molar refractivity (Wildman–Crippen MR) is 104 cm³/mol. The number of nitrogens with two attached hydrogens (primary N) is 1. The van der Waals surface area contributed by atoms with Crippen LogP contribution in [0, 0.1) is 5.92 Å². The molecule has 0 aliphatic carbocycles. The van der Waals surface area contributed by atoms with Crippen LogP contribution in [0.1, 0.15) is 53.5 Å². The van der Waals surface area contributed by atoms with E-state index in [9.17, 15) is 13.8 Å². The molecule has 2 amide bonds. The summed E-state index contributed by atoms with van der Waals surface area (Å²) >= 11 is 1.21. The highest BCUT2D eigenvalue weighted by atomic mass is 32.2. The first kappa shape index (κ1) is 22.6. The van der Waals surface area contributed by atoms with Crippen LogP contribution in [-0.2, 0) is 25.9 Å². The molecule has 148 valence electrons. The molecule has 2 atom stereocenters. The first-order valence-electron chi connectivity index (χ1n) is 8.50. The highest BCUT2D eigenvalue weighted by Gasteiger charge is 2.27. The molecule has 0 spiro atoms. The van der Waals surface area contributed by atoms with Crippen molar-refractivity contribution in [1.82, 2.24) is 5.32 Å². The Morgan fingerprint density at radius 3 is 2.50 bits per heavy atom. The number of nitrogens with zero attached hydrogens (tertiary/aromatic N) is 1. The van der Waals surface area contributed by atoms with E-state index in [0.717, 1.165) is 5.56 Å². The fourth-order valence-corrected chi connectivity index (χ4v) is 4.84. The maximum Gasteiger partial charge on any atom is 0.408 e. The van der Waals surface area contributed by atoms with E-state index in [-0.39, 0.29) is 5.92 Å². The van der Waals surface area contributed by atoms with Crippen molar-refractivity contribution in [1.29, 1.82) is 0 Å². The van der Waals surface area contributed by atoms with Gasteiger partial charge in [-0.15, -0.1) is 15.7 Å². The number of hydrogen-bond donors (Lipinski definition) is 2. The Balaban J connectivity index is 3.08. The summed E-state index contributed by atoms with van der Waals surface area (Å²) in [6.07, 6.45) is 0.255. The number of aryl methyl sites for hydroxylation is 1. The molecule has 1 heterocycles. The Morgan fingerprint density at radius 1 is 1.38 bits per heavy atom. The van der Waals surface area contributed by atoms with Gasteiger partial charge in [-0.3, -0.25) is 4.79 Å². The maximum atomic E-state index is 12.8. The summed E-state index contributed by atoms with van der Waals surface area (Å²) in [5.41, 5.74) is 0.112. The van der Waals surface area contributed by atoms with Crippen LogP contribution in [0.25, 0.3) is 0 Å². The Hall–Kier alpha value is -1.45. The molecule has 0 radical (unpaired) electrons. The number of ether oxygens (including phenoxy) is 1. The summed E-state index contributed by atoms with van der Waals surface area (Å²) in [7, 11) is -3.36. The van der Waals surface area contributed by atoms with Crippen LogP contribution in [0.15, 0.2) is 20.0 Å². The van der Waals surface area contributed by atoms with Crippen molar-refractivity contribution in [2.45, 2.75) is 70.2 Å². The SMILES string of the molecule is CCc1ccsc1S(N)(=O)=NC(=O)[C@H](CC(C)C)NC(=O)OC(C)(C)C. The molecule has 0 aliphatic rings. The van der Waals surface area contributed by atoms with Gasteiger partial charge in [-0.25, -0.2) is 14.1 Å². The highest BCUT2D eigenvalue weighted by molar-refractivity contribution is 7.93. The molecule has 1 aromatic heterocycles. The molecule has 26 heavy (non-hydrogen) atoms. The number of carbonyl (C=O) groups is 2. The minimum atomic E-state index is -3.36. The lowest BCUT2D eigenvalue weighted by Gasteiger charge is -2.23. The molecule has 1 aromatic rings. The fourth-order valence-electron chi connectivity index (χ4n) is 2.22. The van der Waals surface area contributed by atoms with Gasteiger partial charge >= 0.3 is 6.09 Å². The molecule has 0 saturated heterocycles. The topological polar surface area (TPSA) is 111 Å². The zero-order valence-corrected chi connectivity index (χ0v) is 17.8. The summed E-state index contributed by atoms with van der Waals surface area (Å²) in [6.45, 7) is 10.9. The van der Waals surface area contributed by atoms with Crippen LogP contribution in [0.4, 0.5) is 4.79 Å². The number of rotatable bonds is 6. The molecule has 1 unspecified atom stereocenters. The number of thiophene rings is 1. The predicted octanol–water partition coefficient (Wildman–Crippen LogP) is 3.48. The highest BCUT2D eigenvalue weighted by Crippen LogP contribution is 2.23. The van der Waals surface area contributed by atoms with Crippen molar-refractivity contribution in [3.8, 4) is 0 Å². The summed E-state index contributed by atoms with van der Waals surface area (Å²) in [5, 5.41) is 10.2. The van der Waals surface area contributed by atoms with Crippen LogP contribution < -0.4 is 10.5 Å². The van der Waals surface area contributed by atoms with E-state index >= 15 is 0 Å². The van der Waals surface area contributed by atoms with E-state index in [1.807, 2.05) is 26.8 Å². The van der Waals surface area contributed by atoms with E-state index in [1.165, 1.54) is 11.3 Å². The van der Waals surface area contributed by atoms with Gasteiger partial charge in [0.1, 0.15) is 15.9 Å². The van der Waals surface area contributed by atoms with Crippen molar-refractivity contribution in [2.75, 3.05) is 0 Å². The molecular weight excluding hydrogens is 374 g/mol. The van der Waals surface area contributed by atoms with Gasteiger partial charge in [-0.2, -0.15) is 0 Å². The van der Waals surface area contributed by atoms with Gasteiger partial charge in [0, 0.05) is 0 Å². The normalized spacial score (nSPS) is 15.2. The molecule has 0 aliphatic heterocycles. The molecule has 3 N–H and O–H groups in total. The maximum absolute atomic E-state index is 12.8. The van der Waals surface area contributed by atoms with Crippen LogP contribution in [-0.4, -0.2) is 27.9 Å². The van der Waals surface area contributed by atoms with Crippen LogP contribution >= 0.6 is 11.3 Å². The largest absolute Gasteiger partial charge is 0.444 e. The van der Waals surface area contributed by atoms with E-state index in [4.69, 9.17) is 9.88 Å². The van der Waals surface area contributed by atoms with Crippen LogP contribution in [0.2, 0.25) is 0 Å². The van der Waals surface area contributed by atoms with Crippen molar-refractivity contribution in [2.24, 2.45) is 15.4 Å². The Labute approximate surface area is 160 Å². The van der Waals surface area contributed by atoms with Gasteiger partial charge in [0.2, 0.25) is 0 Å². The van der Waals surface area contributed by atoms with Gasteiger partial charge in [0.05, 0.1) is 0 Å². The average molecular weight is 404 g/mol. The minimum Gasteiger partial charge on any atom is -0.444 e. The first-order valence-corrected chi connectivity index (χ1v) is 11.0. The van der Waals surface area contributed by atoms with Gasteiger partial charge in [0.25, 0.3) is 5.91 Å². The molecule has 9 heteroatoms. The molecule has 0 fully saturated rings. The second-order valence-corrected chi connectivity index (χ2v) is 10.3. The monoisotopic (exact) mass is 403 g/mol. The van der Waals surface area contributed by atoms with Crippen molar-refractivity contribution >= 4 is 33.3 Å². The average Bonchev–Trinajstić information content (AvgIpc) is 2.92. The number of amides is 2. The molecule has 0 saturated carbocycles. The lowest BCUT2D eigenvalue weighted by atomic mass is 10.0. The molecule has 0 bridgehead atoms. The zero-order chi connectivity index (χ0) is 20.1. The fraction of sp³-hybridized carbons (Fsp3) is 0.647. The summed E-state index contributed by atoms with van der Waals surface area (Å²) in [6, 6.07) is 0.871. The molecule has 1 rings (SSSR count). The van der Waals surface area contributed by atoms with E-state index < -0.39 is 33.6 Å². The zero-order valence-electron chi connectivity index (χ0n) is 16.2. The summed E-state index contributed by atoms with van der Waals surface area (Å²) in [4.78, 5) is 24.6. The number of hydrogen-bond acceptors (Lipinski definition) is 5. The third kappa shape index (κ3) is 7.05. The van der Waals surface area contributed by atoms with Gasteiger partial charge in [-0.05, 0) is 56.5 Å². The second kappa shape index (κ2) is 8.96. The first-order chi connectivity index (χ1) is 11.9.